The van der Waals surface area contributed by atoms with E-state index in [0.29, 0.717) is 22.6 Å². The number of hydrogen-bond donors (Lipinski definition) is 1. The summed E-state index contributed by atoms with van der Waals surface area (Å²) in [4.78, 5) is 39.0. The Balaban J connectivity index is 1.46. The molecule has 0 spiro atoms. The van der Waals surface area contributed by atoms with Gasteiger partial charge in [0.05, 0.1) is 24.8 Å². The molecule has 0 aliphatic heterocycles. The predicted molar refractivity (Wildman–Crippen MR) is 146 cm³/mol. The molecule has 2 heterocycles. The number of nitrogens with one attached hydrogen (secondary N) is 1. The first-order valence-corrected chi connectivity index (χ1v) is 12.6. The van der Waals surface area contributed by atoms with Crippen molar-refractivity contribution >= 4 is 49.8 Å². The molecule has 0 atom stereocenters. The zero-order valence-corrected chi connectivity index (χ0v) is 21.4. The van der Waals surface area contributed by atoms with Crippen LogP contribution in [0.1, 0.15) is 17.4 Å². The van der Waals surface area contributed by atoms with Gasteiger partial charge in [-0.05, 0) is 54.1 Å². The molecule has 9 nitrogen and oxygen atoms in total. The van der Waals surface area contributed by atoms with Gasteiger partial charge < -0.3 is 19.5 Å². The number of hydrogen-bond acceptors (Lipinski definition) is 8. The maximum absolute atomic E-state index is 13.5. The highest BCUT2D eigenvalue weighted by molar-refractivity contribution is 7.16. The Bertz CT molecular complexity index is 1710. The number of nitrogens with zero attached hydrogens (tertiary/aromatic N) is 2. The van der Waals surface area contributed by atoms with Crippen molar-refractivity contribution in [1.29, 1.82) is 0 Å². The van der Waals surface area contributed by atoms with Crippen molar-refractivity contribution in [3.8, 4) is 17.2 Å². The summed E-state index contributed by atoms with van der Waals surface area (Å²) in [7, 11) is 1.54. The van der Waals surface area contributed by atoms with Crippen LogP contribution in [0.15, 0.2) is 76.9 Å². The SMILES string of the molecule is CCOC(=O)c1nn(-c2ccc(OC)cc2)c(=O)c2c(NC(=O)COc3ccc4ccccc4c3)scc12. The summed E-state index contributed by atoms with van der Waals surface area (Å²) in [6.45, 7) is 1.56. The molecule has 2 aromatic heterocycles. The van der Waals surface area contributed by atoms with E-state index in [1.165, 1.54) is 7.11 Å². The van der Waals surface area contributed by atoms with Gasteiger partial charge in [0.25, 0.3) is 11.5 Å². The molecule has 0 saturated carbocycles. The molecule has 38 heavy (non-hydrogen) atoms. The van der Waals surface area contributed by atoms with Crippen LogP contribution in [0.4, 0.5) is 5.00 Å². The second-order valence-electron chi connectivity index (χ2n) is 8.18. The fourth-order valence-electron chi connectivity index (χ4n) is 3.96. The summed E-state index contributed by atoms with van der Waals surface area (Å²) in [5, 5.41) is 11.4. The maximum atomic E-state index is 13.5. The second-order valence-corrected chi connectivity index (χ2v) is 9.06. The van der Waals surface area contributed by atoms with Crippen molar-refractivity contribution in [2.75, 3.05) is 25.6 Å². The van der Waals surface area contributed by atoms with Gasteiger partial charge in [0.15, 0.2) is 12.3 Å². The van der Waals surface area contributed by atoms with Crippen LogP contribution in [0.3, 0.4) is 0 Å². The van der Waals surface area contributed by atoms with E-state index in [9.17, 15) is 14.4 Å². The molecule has 0 aliphatic carbocycles. The van der Waals surface area contributed by atoms with Crippen LogP contribution in [-0.4, -0.2) is 42.0 Å². The van der Waals surface area contributed by atoms with Gasteiger partial charge in [-0.2, -0.15) is 9.78 Å². The Morgan fingerprint density at radius 3 is 2.47 bits per heavy atom. The summed E-state index contributed by atoms with van der Waals surface area (Å²) in [5.41, 5.74) is -0.0991. The first-order valence-electron chi connectivity index (χ1n) is 11.8. The van der Waals surface area contributed by atoms with Crippen molar-refractivity contribution in [3.63, 3.8) is 0 Å². The van der Waals surface area contributed by atoms with Crippen molar-refractivity contribution in [3.05, 3.63) is 88.2 Å². The van der Waals surface area contributed by atoms with Crippen LogP contribution >= 0.6 is 11.3 Å². The molecule has 0 aliphatic rings. The van der Waals surface area contributed by atoms with Crippen LogP contribution in [0.25, 0.3) is 27.2 Å². The Kier molecular flexibility index (Phi) is 7.05. The molecular formula is C28H23N3O6S. The summed E-state index contributed by atoms with van der Waals surface area (Å²) in [6, 6.07) is 20.1. The lowest BCUT2D eigenvalue weighted by molar-refractivity contribution is -0.118. The number of benzene rings is 3. The van der Waals surface area contributed by atoms with E-state index in [4.69, 9.17) is 14.2 Å². The number of ether oxygens (including phenoxy) is 3. The fraction of sp³-hybridized carbons (Fsp3) is 0.143. The van der Waals surface area contributed by atoms with Gasteiger partial charge in [-0.3, -0.25) is 9.59 Å². The topological polar surface area (TPSA) is 109 Å². The third kappa shape index (κ3) is 4.94. The quantitative estimate of drug-likeness (QED) is 0.288. The first-order chi connectivity index (χ1) is 18.5. The van der Waals surface area contributed by atoms with E-state index < -0.39 is 17.4 Å². The summed E-state index contributed by atoms with van der Waals surface area (Å²) in [6.07, 6.45) is 0. The van der Waals surface area contributed by atoms with Gasteiger partial charge in [0.2, 0.25) is 0 Å². The lowest BCUT2D eigenvalue weighted by Crippen LogP contribution is -2.26. The second kappa shape index (κ2) is 10.7. The van der Waals surface area contributed by atoms with Crippen LogP contribution in [0.2, 0.25) is 0 Å². The van der Waals surface area contributed by atoms with E-state index in [0.717, 1.165) is 26.8 Å². The van der Waals surface area contributed by atoms with E-state index in [1.54, 1.807) is 42.6 Å². The number of aromatic nitrogens is 2. The Labute approximate surface area is 221 Å². The van der Waals surface area contributed by atoms with Crippen molar-refractivity contribution in [2.24, 2.45) is 0 Å². The molecule has 0 radical (unpaired) electrons. The molecule has 1 amide bonds. The molecule has 5 rings (SSSR count). The number of esters is 1. The molecule has 5 aromatic rings. The van der Waals surface area contributed by atoms with E-state index in [1.807, 2.05) is 36.4 Å². The molecule has 10 heteroatoms. The van der Waals surface area contributed by atoms with E-state index in [2.05, 4.69) is 10.4 Å². The highest BCUT2D eigenvalue weighted by atomic mass is 32.1. The molecule has 0 fully saturated rings. The van der Waals surface area contributed by atoms with Gasteiger partial charge in [-0.25, -0.2) is 4.79 Å². The normalized spacial score (nSPS) is 10.9. The fourth-order valence-corrected chi connectivity index (χ4v) is 4.91. The lowest BCUT2D eigenvalue weighted by atomic mass is 10.1. The number of carbonyl (C=O) groups excluding carboxylic acids is 2. The van der Waals surface area contributed by atoms with Gasteiger partial charge in [0.1, 0.15) is 16.5 Å². The average Bonchev–Trinajstić information content (AvgIpc) is 3.36. The molecule has 192 valence electrons. The molecule has 0 unspecified atom stereocenters. The van der Waals surface area contributed by atoms with Crippen molar-refractivity contribution < 1.29 is 23.8 Å². The monoisotopic (exact) mass is 529 g/mol. The highest BCUT2D eigenvalue weighted by Gasteiger charge is 2.23. The van der Waals surface area contributed by atoms with Gasteiger partial charge >= 0.3 is 5.97 Å². The zero-order chi connectivity index (χ0) is 26.6. The zero-order valence-electron chi connectivity index (χ0n) is 20.6. The van der Waals surface area contributed by atoms with Crippen LogP contribution in [0, 0.1) is 0 Å². The minimum absolute atomic E-state index is 0.0265. The standard InChI is InChI=1S/C28H23N3O6S/c1-3-36-28(34)25-22-16-38-26(24(22)27(33)31(30-25)19-9-12-20(35-2)13-10-19)29-23(32)15-37-21-11-8-17-6-4-5-7-18(17)14-21/h4-14,16H,3,15H2,1-2H3,(H,29,32). The third-order valence-corrected chi connectivity index (χ3v) is 6.68. The Morgan fingerprint density at radius 2 is 1.74 bits per heavy atom. The van der Waals surface area contributed by atoms with Gasteiger partial charge in [-0.15, -0.1) is 11.3 Å². The van der Waals surface area contributed by atoms with Gasteiger partial charge in [-0.1, -0.05) is 30.3 Å². The molecule has 0 bridgehead atoms. The maximum Gasteiger partial charge on any atom is 0.359 e. The predicted octanol–water partition coefficient (Wildman–Crippen LogP) is 4.80. The molecular weight excluding hydrogens is 506 g/mol. The Morgan fingerprint density at radius 1 is 1.00 bits per heavy atom. The minimum Gasteiger partial charge on any atom is -0.497 e. The highest BCUT2D eigenvalue weighted by Crippen LogP contribution is 2.31. The van der Waals surface area contributed by atoms with Crippen molar-refractivity contribution in [1.82, 2.24) is 9.78 Å². The number of amides is 1. The van der Waals surface area contributed by atoms with E-state index >= 15 is 0 Å². The van der Waals surface area contributed by atoms with Crippen molar-refractivity contribution in [2.45, 2.75) is 6.92 Å². The molecule has 1 N–H and O–H groups in total. The first kappa shape index (κ1) is 25.0. The number of thiophene rings is 1. The van der Waals surface area contributed by atoms with E-state index in [-0.39, 0.29) is 29.3 Å². The number of fused-ring (bicyclic) bond motifs is 2. The number of rotatable bonds is 8. The Hall–Kier alpha value is -4.70. The largest absolute Gasteiger partial charge is 0.497 e. The number of carbonyl (C=O) groups is 2. The third-order valence-electron chi connectivity index (χ3n) is 5.78. The van der Waals surface area contributed by atoms with Crippen LogP contribution < -0.4 is 20.3 Å². The summed E-state index contributed by atoms with van der Waals surface area (Å²) >= 11 is 1.12. The molecule has 3 aromatic carbocycles. The number of methoxy groups -OCH3 is 1. The minimum atomic E-state index is -0.671. The molecule has 0 saturated heterocycles. The van der Waals surface area contributed by atoms with Gasteiger partial charge in [0, 0.05) is 10.8 Å². The average molecular weight is 530 g/mol. The number of anilines is 1. The summed E-state index contributed by atoms with van der Waals surface area (Å²) in [5.74, 6) is 0.0239. The lowest BCUT2D eigenvalue weighted by Gasteiger charge is -2.11. The van der Waals surface area contributed by atoms with Crippen LogP contribution in [-0.2, 0) is 9.53 Å². The van der Waals surface area contributed by atoms with Crippen LogP contribution in [0.5, 0.6) is 11.5 Å². The summed E-state index contributed by atoms with van der Waals surface area (Å²) < 4.78 is 17.2. The smallest absolute Gasteiger partial charge is 0.359 e.